The highest BCUT2D eigenvalue weighted by molar-refractivity contribution is 5.70. The zero-order valence-corrected chi connectivity index (χ0v) is 48.7. The van der Waals surface area contributed by atoms with Gasteiger partial charge in [0.2, 0.25) is 0 Å². The minimum absolute atomic E-state index is 0.127. The van der Waals surface area contributed by atoms with Crippen LogP contribution in [0, 0.1) is 0 Å². The molecule has 0 radical (unpaired) electrons. The molecule has 0 fully saturated rings. The van der Waals surface area contributed by atoms with Crippen LogP contribution in [0.15, 0.2) is 170 Å². The number of hydrogen-bond donors (Lipinski definition) is 0. The standard InChI is InChI=1S/C68H105NO8/c1-6-8-10-12-14-16-18-20-22-24-26-28-30-31-32-33-34-35-37-39-41-43-45-47-49-51-53-55-57-59-66(71)77-64(63-76-68(67(72)73)74-61-60-69(3,4)5)62-75-65(70)58-56-54-52-50-48-46-44-42-40-38-36-29-27-25-23-21-19-17-15-13-11-9-7-2/h8-11,14-17,20-23,26-29,31-32,34-35,38-41,44-47,64,68H,6-7,12-13,18-19,24-25,30,33,36-37,42-43,48-63H2,1-5H3/b10-8-,11-9-,16-14-,17-15-,22-20-,23-21-,28-26-,29-27-,32-31-,35-34-,40-38-,41-39-,46-44-,47-45-. The molecule has 0 saturated carbocycles. The van der Waals surface area contributed by atoms with E-state index in [0.29, 0.717) is 23.9 Å². The van der Waals surface area contributed by atoms with Crippen LogP contribution in [-0.4, -0.2) is 82.3 Å². The third-order valence-electron chi connectivity index (χ3n) is 11.5. The number of quaternary nitrogens is 1. The molecule has 0 rings (SSSR count). The first-order valence-corrected chi connectivity index (χ1v) is 29.3. The molecule has 77 heavy (non-hydrogen) atoms. The van der Waals surface area contributed by atoms with E-state index in [1.165, 1.54) is 0 Å². The first-order chi connectivity index (χ1) is 37.6. The van der Waals surface area contributed by atoms with Gasteiger partial charge in [-0.05, 0) is 128 Å². The summed E-state index contributed by atoms with van der Waals surface area (Å²) < 4.78 is 22.6. The van der Waals surface area contributed by atoms with Crippen LogP contribution in [0.3, 0.4) is 0 Å². The van der Waals surface area contributed by atoms with Crippen LogP contribution in [0.2, 0.25) is 0 Å². The largest absolute Gasteiger partial charge is 0.545 e. The molecule has 2 unspecified atom stereocenters. The van der Waals surface area contributed by atoms with E-state index >= 15 is 0 Å². The van der Waals surface area contributed by atoms with Crippen LogP contribution in [0.1, 0.15) is 181 Å². The zero-order valence-electron chi connectivity index (χ0n) is 48.7. The predicted octanol–water partition coefficient (Wildman–Crippen LogP) is 16.2. The average Bonchev–Trinajstić information content (AvgIpc) is 3.40. The molecule has 0 aliphatic heterocycles. The Morgan fingerprint density at radius 2 is 0.701 bits per heavy atom. The summed E-state index contributed by atoms with van der Waals surface area (Å²) in [5.74, 6) is -2.38. The number of allylic oxidation sites excluding steroid dienone is 28. The number of carboxylic acid groups (broad SMARTS) is 1. The second kappa shape index (κ2) is 56.8. The minimum atomic E-state index is -1.65. The Morgan fingerprint density at radius 3 is 1.03 bits per heavy atom. The molecule has 0 saturated heterocycles. The summed E-state index contributed by atoms with van der Waals surface area (Å²) in [6.07, 6.45) is 82.5. The van der Waals surface area contributed by atoms with Crippen molar-refractivity contribution in [3.8, 4) is 0 Å². The number of likely N-dealkylation sites (N-methyl/N-ethyl adjacent to an activating group) is 1. The third-order valence-corrected chi connectivity index (χ3v) is 11.5. The van der Waals surface area contributed by atoms with Crippen molar-refractivity contribution in [1.82, 2.24) is 0 Å². The summed E-state index contributed by atoms with van der Waals surface area (Å²) in [6, 6.07) is 0. The fraction of sp³-hybridized carbons (Fsp3) is 0.544. The Hall–Kier alpha value is -5.35. The number of unbranched alkanes of at least 4 members (excludes halogenated alkanes) is 8. The molecule has 0 heterocycles. The van der Waals surface area contributed by atoms with Crippen LogP contribution in [0.4, 0.5) is 0 Å². The Kier molecular flexibility index (Phi) is 52.9. The lowest BCUT2D eigenvalue weighted by Gasteiger charge is -2.26. The van der Waals surface area contributed by atoms with Gasteiger partial charge in [-0.25, -0.2) is 0 Å². The van der Waals surface area contributed by atoms with E-state index in [2.05, 4.69) is 184 Å². The summed E-state index contributed by atoms with van der Waals surface area (Å²) in [4.78, 5) is 37.3. The van der Waals surface area contributed by atoms with Crippen molar-refractivity contribution >= 4 is 17.9 Å². The molecule has 0 N–H and O–H groups in total. The number of carboxylic acids is 1. The van der Waals surface area contributed by atoms with E-state index in [0.717, 1.165) is 141 Å². The maximum absolute atomic E-state index is 12.9. The molecule has 0 spiro atoms. The van der Waals surface area contributed by atoms with Crippen LogP contribution in [0.25, 0.3) is 0 Å². The van der Waals surface area contributed by atoms with Gasteiger partial charge >= 0.3 is 11.9 Å². The van der Waals surface area contributed by atoms with Crippen molar-refractivity contribution in [2.75, 3.05) is 47.5 Å². The first-order valence-electron chi connectivity index (χ1n) is 29.3. The maximum atomic E-state index is 12.9. The number of ether oxygens (including phenoxy) is 4. The van der Waals surface area contributed by atoms with Gasteiger partial charge in [-0.2, -0.15) is 0 Å². The van der Waals surface area contributed by atoms with E-state index in [1.54, 1.807) is 0 Å². The summed E-state index contributed by atoms with van der Waals surface area (Å²) >= 11 is 0. The van der Waals surface area contributed by atoms with Crippen molar-refractivity contribution in [3.05, 3.63) is 170 Å². The van der Waals surface area contributed by atoms with Crippen molar-refractivity contribution in [2.24, 2.45) is 0 Å². The number of esters is 2. The molecule has 9 nitrogen and oxygen atoms in total. The number of aliphatic carboxylic acids is 1. The van der Waals surface area contributed by atoms with Crippen molar-refractivity contribution < 1.29 is 42.9 Å². The number of nitrogens with zero attached hydrogens (tertiary/aromatic N) is 1. The lowest BCUT2D eigenvalue weighted by atomic mass is 10.1. The molecule has 0 aliphatic carbocycles. The van der Waals surface area contributed by atoms with Gasteiger partial charge < -0.3 is 33.3 Å². The van der Waals surface area contributed by atoms with E-state index in [9.17, 15) is 19.5 Å². The molecule has 2 atom stereocenters. The van der Waals surface area contributed by atoms with Gasteiger partial charge in [0.05, 0.1) is 40.3 Å². The summed E-state index contributed by atoms with van der Waals surface area (Å²) in [5.41, 5.74) is 0. The second-order valence-corrected chi connectivity index (χ2v) is 19.8. The van der Waals surface area contributed by atoms with Crippen LogP contribution in [-0.2, 0) is 33.3 Å². The van der Waals surface area contributed by atoms with Crippen LogP contribution in [0.5, 0.6) is 0 Å². The van der Waals surface area contributed by atoms with Crippen molar-refractivity contribution in [1.29, 1.82) is 0 Å². The molecule has 9 heteroatoms. The van der Waals surface area contributed by atoms with Crippen LogP contribution >= 0.6 is 0 Å². The van der Waals surface area contributed by atoms with Gasteiger partial charge in [0.15, 0.2) is 12.4 Å². The zero-order chi connectivity index (χ0) is 56.2. The molecule has 0 aromatic carbocycles. The molecule has 0 aromatic heterocycles. The molecule has 0 aliphatic rings. The number of rotatable bonds is 51. The van der Waals surface area contributed by atoms with Gasteiger partial charge in [-0.1, -0.05) is 210 Å². The quantitative estimate of drug-likeness (QED) is 0.0195. The fourth-order valence-corrected chi connectivity index (χ4v) is 7.02. The number of carbonyl (C=O) groups is 3. The van der Waals surface area contributed by atoms with E-state index in [4.69, 9.17) is 18.9 Å². The highest BCUT2D eigenvalue weighted by Crippen LogP contribution is 2.12. The molecule has 430 valence electrons. The van der Waals surface area contributed by atoms with E-state index in [1.807, 2.05) is 21.1 Å². The summed E-state index contributed by atoms with van der Waals surface area (Å²) in [7, 11) is 5.89. The van der Waals surface area contributed by atoms with Gasteiger partial charge in [-0.15, -0.1) is 0 Å². The summed E-state index contributed by atoms with van der Waals surface area (Å²) in [6.45, 7) is 4.42. The smallest absolute Gasteiger partial charge is 0.306 e. The molecular weight excluding hydrogens is 959 g/mol. The highest BCUT2D eigenvalue weighted by atomic mass is 16.7. The van der Waals surface area contributed by atoms with Gasteiger partial charge in [0.1, 0.15) is 13.2 Å². The van der Waals surface area contributed by atoms with Crippen LogP contribution < -0.4 is 5.11 Å². The lowest BCUT2D eigenvalue weighted by Crippen LogP contribution is -2.44. The summed E-state index contributed by atoms with van der Waals surface area (Å²) in [5, 5.41) is 11.8. The first kappa shape index (κ1) is 71.7. The fourth-order valence-electron chi connectivity index (χ4n) is 7.02. The van der Waals surface area contributed by atoms with E-state index in [-0.39, 0.29) is 32.7 Å². The van der Waals surface area contributed by atoms with Gasteiger partial charge in [-0.3, -0.25) is 9.59 Å². The third kappa shape index (κ3) is 58.2. The predicted molar refractivity (Wildman–Crippen MR) is 324 cm³/mol. The molecule has 0 aromatic rings. The van der Waals surface area contributed by atoms with Gasteiger partial charge in [0, 0.05) is 12.8 Å². The Bertz CT molecular complexity index is 1860. The molecular formula is C68H105NO8. The number of hydrogen-bond acceptors (Lipinski definition) is 8. The van der Waals surface area contributed by atoms with E-state index < -0.39 is 30.3 Å². The Morgan fingerprint density at radius 1 is 0.390 bits per heavy atom. The topological polar surface area (TPSA) is 111 Å². The molecule has 0 bridgehead atoms. The average molecular weight is 1060 g/mol. The minimum Gasteiger partial charge on any atom is -0.545 e. The highest BCUT2D eigenvalue weighted by Gasteiger charge is 2.22. The molecule has 0 amide bonds. The SMILES string of the molecule is CC/C=C\C/C=C\C/C=C\C/C=C\C/C=C\C/C=C\C/C=C\C/C=C\CCCCCCC(=O)OC(COC(=O)CCCCCC/C=C\C/C=C\C/C=C\C/C=C\C/C=C\C/C=C\CC)COC(OCC[N+](C)(C)C)C(=O)[O-]. The monoisotopic (exact) mass is 1060 g/mol. The van der Waals surface area contributed by atoms with Gasteiger partial charge in [0.25, 0.3) is 0 Å². The lowest BCUT2D eigenvalue weighted by molar-refractivity contribution is -0.870. The second-order valence-electron chi connectivity index (χ2n) is 19.8. The number of carbonyl (C=O) groups excluding carboxylic acids is 3. The normalized spacial score (nSPS) is 14.0. The Balaban J connectivity index is 4.43. The van der Waals surface area contributed by atoms with Crippen molar-refractivity contribution in [2.45, 2.75) is 193 Å². The maximum Gasteiger partial charge on any atom is 0.306 e. The Labute approximate surface area is 469 Å². The van der Waals surface area contributed by atoms with Crippen molar-refractivity contribution in [3.63, 3.8) is 0 Å².